The van der Waals surface area contributed by atoms with Crippen molar-refractivity contribution in [2.24, 2.45) is 0 Å². The Balaban J connectivity index is 3.16. The van der Waals surface area contributed by atoms with Crippen LogP contribution in [0.15, 0.2) is 18.2 Å². The Morgan fingerprint density at radius 2 is 1.80 bits per heavy atom. The number of nitrogens with zero attached hydrogens (tertiary/aromatic N) is 2. The highest BCUT2D eigenvalue weighted by Crippen LogP contribution is 2.28. The van der Waals surface area contributed by atoms with Gasteiger partial charge in [0, 0.05) is 5.56 Å². The number of hydrogen-bond acceptors (Lipinski definition) is 5. The van der Waals surface area contributed by atoms with Gasteiger partial charge in [0.1, 0.15) is 0 Å². The summed E-state index contributed by atoms with van der Waals surface area (Å²) < 4.78 is 9.10. The van der Waals surface area contributed by atoms with Crippen LogP contribution in [0.4, 0.5) is 0 Å². The van der Waals surface area contributed by atoms with E-state index in [1.807, 2.05) is 0 Å². The van der Waals surface area contributed by atoms with Crippen LogP contribution < -0.4 is 9.47 Å². The van der Waals surface area contributed by atoms with Crippen molar-refractivity contribution in [3.63, 3.8) is 0 Å². The maximum atomic E-state index is 11.0. The molecule has 0 amide bonds. The molecule has 0 fully saturated rings. The minimum atomic E-state index is -0.165. The molecule has 0 saturated heterocycles. The maximum absolute atomic E-state index is 11.0. The SMILES string of the molecule is CC(=O)c1ccc(OC#N)c(OC#N)c1. The average Bonchev–Trinajstić information content (AvgIpc) is 2.21. The van der Waals surface area contributed by atoms with Gasteiger partial charge in [-0.2, -0.15) is 0 Å². The molecule has 1 rings (SSSR count). The van der Waals surface area contributed by atoms with E-state index in [2.05, 4.69) is 9.47 Å². The van der Waals surface area contributed by atoms with Gasteiger partial charge in [-0.25, -0.2) is 0 Å². The first-order valence-corrected chi connectivity index (χ1v) is 3.96. The molecule has 15 heavy (non-hydrogen) atoms. The number of Topliss-reactive ketones (excluding diaryl/α,β-unsaturated/α-hetero) is 1. The first-order valence-electron chi connectivity index (χ1n) is 3.96. The maximum Gasteiger partial charge on any atom is 0.292 e. The van der Waals surface area contributed by atoms with Crippen LogP contribution in [0.1, 0.15) is 17.3 Å². The number of nitriles is 2. The number of benzene rings is 1. The molecule has 1 aromatic carbocycles. The molecule has 0 aromatic heterocycles. The summed E-state index contributed by atoms with van der Waals surface area (Å²) >= 11 is 0. The first-order chi connectivity index (χ1) is 7.19. The highest BCUT2D eigenvalue weighted by atomic mass is 16.5. The Bertz CT molecular complexity index is 469. The smallest absolute Gasteiger partial charge is 0.292 e. The van der Waals surface area contributed by atoms with Crippen LogP contribution >= 0.6 is 0 Å². The summed E-state index contributed by atoms with van der Waals surface area (Å²) in [5.41, 5.74) is 0.380. The topological polar surface area (TPSA) is 83.1 Å². The van der Waals surface area contributed by atoms with Gasteiger partial charge in [0.05, 0.1) is 0 Å². The summed E-state index contributed by atoms with van der Waals surface area (Å²) in [4.78, 5) is 11.0. The van der Waals surface area contributed by atoms with Crippen LogP contribution in [0.3, 0.4) is 0 Å². The second kappa shape index (κ2) is 4.64. The minimum absolute atomic E-state index is 0.0479. The van der Waals surface area contributed by atoms with Gasteiger partial charge in [0.2, 0.25) is 0 Å². The Labute approximate surface area is 86.1 Å². The number of carbonyl (C=O) groups is 1. The molecular weight excluding hydrogens is 196 g/mol. The largest absolute Gasteiger partial charge is 0.384 e. The predicted molar refractivity (Wildman–Crippen MR) is 48.9 cm³/mol. The van der Waals surface area contributed by atoms with E-state index in [4.69, 9.17) is 10.5 Å². The summed E-state index contributed by atoms with van der Waals surface area (Å²) in [6.07, 6.45) is 2.91. The Hall–Kier alpha value is -2.53. The van der Waals surface area contributed by atoms with Gasteiger partial charge in [0.25, 0.3) is 12.5 Å². The fourth-order valence-corrected chi connectivity index (χ4v) is 0.989. The molecule has 5 nitrogen and oxygen atoms in total. The van der Waals surface area contributed by atoms with Crippen LogP contribution in [-0.2, 0) is 0 Å². The van der Waals surface area contributed by atoms with Crippen molar-refractivity contribution in [3.05, 3.63) is 23.8 Å². The van der Waals surface area contributed by atoms with Gasteiger partial charge in [-0.15, -0.1) is 10.5 Å². The van der Waals surface area contributed by atoms with Gasteiger partial charge in [-0.3, -0.25) is 4.79 Å². The third kappa shape index (κ3) is 2.45. The quantitative estimate of drug-likeness (QED) is 0.549. The van der Waals surface area contributed by atoms with Crippen molar-refractivity contribution in [2.45, 2.75) is 6.92 Å². The number of ketones is 1. The Kier molecular flexibility index (Phi) is 3.26. The summed E-state index contributed by atoms with van der Waals surface area (Å²) in [6.45, 7) is 1.39. The fourth-order valence-electron chi connectivity index (χ4n) is 0.989. The lowest BCUT2D eigenvalue weighted by molar-refractivity contribution is 0.101. The van der Waals surface area contributed by atoms with Crippen LogP contribution in [0.5, 0.6) is 11.5 Å². The molecule has 5 heteroatoms. The molecule has 0 radical (unpaired) electrons. The second-order valence-corrected chi connectivity index (χ2v) is 2.60. The Morgan fingerprint density at radius 1 is 1.20 bits per heavy atom. The molecular formula is C10H6N2O3. The molecule has 0 N–H and O–H groups in total. The molecule has 0 aliphatic heterocycles. The van der Waals surface area contributed by atoms with Crippen molar-refractivity contribution >= 4 is 5.78 Å². The van der Waals surface area contributed by atoms with E-state index in [0.717, 1.165) is 0 Å². The van der Waals surface area contributed by atoms with Crippen molar-refractivity contribution < 1.29 is 14.3 Å². The molecule has 0 heterocycles. The molecule has 0 unspecified atom stereocenters. The number of rotatable bonds is 3. The minimum Gasteiger partial charge on any atom is -0.384 e. The van der Waals surface area contributed by atoms with E-state index < -0.39 is 0 Å². The van der Waals surface area contributed by atoms with E-state index in [9.17, 15) is 4.79 Å². The zero-order valence-electron chi connectivity index (χ0n) is 7.85. The summed E-state index contributed by atoms with van der Waals surface area (Å²) in [5.74, 6) is -0.0166. The fraction of sp³-hybridized carbons (Fsp3) is 0.100. The molecule has 0 aliphatic carbocycles. The zero-order chi connectivity index (χ0) is 11.3. The van der Waals surface area contributed by atoms with Crippen molar-refractivity contribution in [2.75, 3.05) is 0 Å². The summed E-state index contributed by atoms with van der Waals surface area (Å²) in [5, 5.41) is 16.7. The highest BCUT2D eigenvalue weighted by Gasteiger charge is 2.09. The van der Waals surface area contributed by atoms with Crippen LogP contribution in [0, 0.1) is 23.0 Å². The number of hydrogen-bond donors (Lipinski definition) is 0. The van der Waals surface area contributed by atoms with Crippen molar-refractivity contribution in [1.29, 1.82) is 10.5 Å². The Morgan fingerprint density at radius 3 is 2.33 bits per heavy atom. The third-order valence-corrected chi connectivity index (χ3v) is 1.66. The lowest BCUT2D eigenvalue weighted by Gasteiger charge is -2.03. The first kappa shape index (κ1) is 10.6. The van der Waals surface area contributed by atoms with Gasteiger partial charge in [-0.05, 0) is 25.1 Å². The molecule has 0 atom stereocenters. The van der Waals surface area contributed by atoms with Crippen molar-refractivity contribution in [1.82, 2.24) is 0 Å². The summed E-state index contributed by atoms with van der Waals surface area (Å²) in [7, 11) is 0. The van der Waals surface area contributed by atoms with E-state index >= 15 is 0 Å². The number of ether oxygens (including phenoxy) is 2. The van der Waals surface area contributed by atoms with Crippen LogP contribution in [0.2, 0.25) is 0 Å². The molecule has 0 spiro atoms. The average molecular weight is 202 g/mol. The standard InChI is InChI=1S/C10H6N2O3/c1-7(13)8-2-3-9(14-5-11)10(4-8)15-6-12/h2-4H,1H3. The number of carbonyl (C=O) groups excluding carboxylic acids is 1. The molecule has 74 valence electrons. The molecule has 0 aliphatic rings. The predicted octanol–water partition coefficient (Wildman–Crippen LogP) is 1.61. The van der Waals surface area contributed by atoms with E-state index in [1.54, 1.807) is 0 Å². The van der Waals surface area contributed by atoms with Crippen molar-refractivity contribution in [3.8, 4) is 24.0 Å². The molecule has 0 bridgehead atoms. The highest BCUT2D eigenvalue weighted by molar-refractivity contribution is 5.94. The lowest BCUT2D eigenvalue weighted by atomic mass is 10.1. The zero-order valence-corrected chi connectivity index (χ0v) is 7.85. The molecule has 1 aromatic rings. The van der Waals surface area contributed by atoms with Crippen LogP contribution in [-0.4, -0.2) is 5.78 Å². The molecule has 0 saturated carbocycles. The van der Waals surface area contributed by atoms with Gasteiger partial charge < -0.3 is 9.47 Å². The van der Waals surface area contributed by atoms with Gasteiger partial charge >= 0.3 is 0 Å². The van der Waals surface area contributed by atoms with E-state index in [1.165, 1.54) is 37.6 Å². The lowest BCUT2D eigenvalue weighted by Crippen LogP contribution is -1.95. The van der Waals surface area contributed by atoms with E-state index in [-0.39, 0.29) is 17.3 Å². The van der Waals surface area contributed by atoms with Gasteiger partial charge in [0.15, 0.2) is 17.3 Å². The third-order valence-electron chi connectivity index (χ3n) is 1.66. The summed E-state index contributed by atoms with van der Waals surface area (Å²) in [6, 6.07) is 4.23. The van der Waals surface area contributed by atoms with Gasteiger partial charge in [-0.1, -0.05) is 0 Å². The second-order valence-electron chi connectivity index (χ2n) is 2.60. The van der Waals surface area contributed by atoms with E-state index in [0.29, 0.717) is 5.56 Å². The van der Waals surface area contributed by atoms with Crippen LogP contribution in [0.25, 0.3) is 0 Å². The normalized spacial score (nSPS) is 8.47. The monoisotopic (exact) mass is 202 g/mol.